The van der Waals surface area contributed by atoms with Gasteiger partial charge in [0.1, 0.15) is 11.5 Å². The lowest BCUT2D eigenvalue weighted by Crippen LogP contribution is -2.26. The van der Waals surface area contributed by atoms with Gasteiger partial charge in [0.2, 0.25) is 0 Å². The number of nitrogens with zero attached hydrogens (tertiary/aromatic N) is 1. The van der Waals surface area contributed by atoms with E-state index in [1.807, 2.05) is 18.2 Å². The molecule has 0 amide bonds. The minimum absolute atomic E-state index is 0.0106. The van der Waals surface area contributed by atoms with Crippen molar-refractivity contribution in [3.05, 3.63) is 131 Å². The molecular weight excluding hydrogens is 430 g/mol. The summed E-state index contributed by atoms with van der Waals surface area (Å²) in [5.74, 6) is 1.87. The SMILES string of the molecule is COc1ccccc1C1=CC(c2ccc(C)cc2)C(c2ccccc2OC)N1c1ccc(C)cc1. The molecule has 1 heterocycles. The molecule has 5 rings (SSSR count). The average molecular weight is 462 g/mol. The zero-order valence-corrected chi connectivity index (χ0v) is 20.7. The van der Waals surface area contributed by atoms with Crippen LogP contribution in [0.5, 0.6) is 11.5 Å². The highest BCUT2D eigenvalue weighted by Crippen LogP contribution is 2.52. The Bertz CT molecular complexity index is 1340. The Morgan fingerprint density at radius 2 is 1.20 bits per heavy atom. The number of ether oxygens (including phenoxy) is 2. The van der Waals surface area contributed by atoms with Crippen LogP contribution < -0.4 is 14.4 Å². The second kappa shape index (κ2) is 9.71. The van der Waals surface area contributed by atoms with Gasteiger partial charge >= 0.3 is 0 Å². The van der Waals surface area contributed by atoms with Gasteiger partial charge in [0.15, 0.2) is 0 Å². The van der Waals surface area contributed by atoms with Crippen molar-refractivity contribution < 1.29 is 9.47 Å². The molecule has 2 atom stereocenters. The fourth-order valence-corrected chi connectivity index (χ4v) is 5.04. The summed E-state index contributed by atoms with van der Waals surface area (Å²) in [6.07, 6.45) is 2.39. The smallest absolute Gasteiger partial charge is 0.128 e. The first-order chi connectivity index (χ1) is 17.1. The molecule has 0 aromatic heterocycles. The van der Waals surface area contributed by atoms with Crippen LogP contribution in [-0.2, 0) is 0 Å². The molecule has 0 aliphatic carbocycles. The van der Waals surface area contributed by atoms with Gasteiger partial charge < -0.3 is 14.4 Å². The fourth-order valence-electron chi connectivity index (χ4n) is 5.04. The average Bonchev–Trinajstić information content (AvgIpc) is 3.29. The highest BCUT2D eigenvalue weighted by atomic mass is 16.5. The van der Waals surface area contributed by atoms with Crippen LogP contribution in [0.2, 0.25) is 0 Å². The molecule has 0 saturated heterocycles. The topological polar surface area (TPSA) is 21.7 Å². The summed E-state index contributed by atoms with van der Waals surface area (Å²) in [5, 5.41) is 0. The molecule has 0 fully saturated rings. The molecule has 0 radical (unpaired) electrons. The van der Waals surface area contributed by atoms with Crippen molar-refractivity contribution in [3.63, 3.8) is 0 Å². The lowest BCUT2D eigenvalue weighted by molar-refractivity contribution is 0.404. The summed E-state index contributed by atoms with van der Waals surface area (Å²) in [6, 6.07) is 34.3. The van der Waals surface area contributed by atoms with Crippen LogP contribution in [-0.4, -0.2) is 14.2 Å². The van der Waals surface area contributed by atoms with Crippen LogP contribution in [0.1, 0.15) is 39.8 Å². The van der Waals surface area contributed by atoms with Gasteiger partial charge in [-0.2, -0.15) is 0 Å². The van der Waals surface area contributed by atoms with Gasteiger partial charge in [-0.1, -0.05) is 77.9 Å². The maximum Gasteiger partial charge on any atom is 0.128 e. The molecule has 1 aliphatic rings. The van der Waals surface area contributed by atoms with E-state index in [2.05, 4.69) is 104 Å². The van der Waals surface area contributed by atoms with E-state index < -0.39 is 0 Å². The molecule has 4 aromatic rings. The standard InChI is InChI=1S/C32H31NO2/c1-22-13-17-24(18-14-22)28-21-29(26-9-5-7-11-30(26)34-3)33(25-19-15-23(2)16-20-25)32(28)27-10-6-8-12-31(27)35-4/h5-21,28,32H,1-4H3. The normalized spacial score (nSPS) is 17.3. The summed E-state index contributed by atoms with van der Waals surface area (Å²) >= 11 is 0. The first-order valence-electron chi connectivity index (χ1n) is 12.0. The van der Waals surface area contributed by atoms with E-state index in [1.54, 1.807) is 14.2 Å². The Labute approximate surface area is 208 Å². The van der Waals surface area contributed by atoms with Gasteiger partial charge in [-0.05, 0) is 55.8 Å². The summed E-state index contributed by atoms with van der Waals surface area (Å²) in [6.45, 7) is 4.25. The number of benzene rings is 4. The third-order valence-corrected chi connectivity index (χ3v) is 6.83. The Morgan fingerprint density at radius 3 is 1.86 bits per heavy atom. The van der Waals surface area contributed by atoms with Crippen molar-refractivity contribution >= 4 is 11.4 Å². The van der Waals surface area contributed by atoms with Gasteiger partial charge in [0.25, 0.3) is 0 Å². The quantitative estimate of drug-likeness (QED) is 0.294. The van der Waals surface area contributed by atoms with Crippen molar-refractivity contribution in [3.8, 4) is 11.5 Å². The van der Waals surface area contributed by atoms with Crippen LogP contribution in [0.15, 0.2) is 103 Å². The van der Waals surface area contributed by atoms with Gasteiger partial charge in [-0.25, -0.2) is 0 Å². The zero-order valence-electron chi connectivity index (χ0n) is 20.7. The predicted octanol–water partition coefficient (Wildman–Crippen LogP) is 7.71. The predicted molar refractivity (Wildman–Crippen MR) is 144 cm³/mol. The van der Waals surface area contributed by atoms with E-state index in [1.165, 1.54) is 16.7 Å². The molecule has 0 spiro atoms. The zero-order chi connectivity index (χ0) is 24.4. The monoisotopic (exact) mass is 461 g/mol. The second-order valence-corrected chi connectivity index (χ2v) is 9.08. The van der Waals surface area contributed by atoms with Gasteiger partial charge in [-0.3, -0.25) is 0 Å². The molecule has 0 N–H and O–H groups in total. The maximum atomic E-state index is 5.88. The van der Waals surface area contributed by atoms with Crippen molar-refractivity contribution in [2.75, 3.05) is 19.1 Å². The van der Waals surface area contributed by atoms with E-state index in [-0.39, 0.29) is 12.0 Å². The fraction of sp³-hybridized carbons (Fsp3) is 0.188. The summed E-state index contributed by atoms with van der Waals surface area (Å²) < 4.78 is 11.7. The first kappa shape index (κ1) is 22.8. The number of hydrogen-bond donors (Lipinski definition) is 0. The van der Waals surface area contributed by atoms with Crippen molar-refractivity contribution in [1.82, 2.24) is 0 Å². The molecule has 3 heteroatoms. The van der Waals surface area contributed by atoms with Crippen LogP contribution >= 0.6 is 0 Å². The Morgan fingerprint density at radius 1 is 0.629 bits per heavy atom. The Balaban J connectivity index is 1.78. The number of methoxy groups -OCH3 is 2. The maximum absolute atomic E-state index is 5.88. The lowest BCUT2D eigenvalue weighted by Gasteiger charge is -2.34. The van der Waals surface area contributed by atoms with Crippen LogP contribution in [0, 0.1) is 13.8 Å². The van der Waals surface area contributed by atoms with E-state index in [9.17, 15) is 0 Å². The number of aryl methyl sites for hydroxylation is 2. The van der Waals surface area contributed by atoms with Gasteiger partial charge in [-0.15, -0.1) is 0 Å². The Hall–Kier alpha value is -3.98. The summed E-state index contributed by atoms with van der Waals surface area (Å²) in [4.78, 5) is 2.44. The minimum Gasteiger partial charge on any atom is -0.496 e. The second-order valence-electron chi connectivity index (χ2n) is 9.08. The van der Waals surface area contributed by atoms with Crippen LogP contribution in [0.4, 0.5) is 5.69 Å². The number of rotatable bonds is 6. The molecular formula is C32H31NO2. The number of para-hydroxylation sites is 2. The summed E-state index contributed by atoms with van der Waals surface area (Å²) in [7, 11) is 3.49. The molecule has 0 bridgehead atoms. The van der Waals surface area contributed by atoms with Crippen LogP contribution in [0.3, 0.4) is 0 Å². The highest BCUT2D eigenvalue weighted by molar-refractivity contribution is 5.87. The Kier molecular flexibility index (Phi) is 6.33. The number of hydrogen-bond acceptors (Lipinski definition) is 3. The minimum atomic E-state index is 0.0106. The van der Waals surface area contributed by atoms with Gasteiger partial charge in [0.05, 0.1) is 20.3 Å². The molecule has 4 aromatic carbocycles. The molecule has 35 heavy (non-hydrogen) atoms. The van der Waals surface area contributed by atoms with Crippen molar-refractivity contribution in [2.45, 2.75) is 25.8 Å². The molecule has 3 nitrogen and oxygen atoms in total. The first-order valence-corrected chi connectivity index (χ1v) is 12.0. The molecule has 0 saturated carbocycles. The third-order valence-electron chi connectivity index (χ3n) is 6.83. The molecule has 2 unspecified atom stereocenters. The molecule has 1 aliphatic heterocycles. The van der Waals surface area contributed by atoms with E-state index in [0.29, 0.717) is 0 Å². The van der Waals surface area contributed by atoms with E-state index >= 15 is 0 Å². The lowest BCUT2D eigenvalue weighted by atomic mass is 9.87. The summed E-state index contributed by atoms with van der Waals surface area (Å²) in [5.41, 5.74) is 8.26. The third kappa shape index (κ3) is 4.30. The van der Waals surface area contributed by atoms with Crippen LogP contribution in [0.25, 0.3) is 5.70 Å². The van der Waals surface area contributed by atoms with Crippen molar-refractivity contribution in [2.24, 2.45) is 0 Å². The largest absolute Gasteiger partial charge is 0.496 e. The van der Waals surface area contributed by atoms with E-state index in [4.69, 9.17) is 9.47 Å². The van der Waals surface area contributed by atoms with E-state index in [0.717, 1.165) is 34.0 Å². The highest BCUT2D eigenvalue weighted by Gasteiger charge is 2.40. The van der Waals surface area contributed by atoms with Gasteiger partial charge in [0, 0.05) is 28.4 Å². The molecule has 176 valence electrons. The van der Waals surface area contributed by atoms with Crippen molar-refractivity contribution in [1.29, 1.82) is 0 Å². The number of anilines is 1.